The lowest BCUT2D eigenvalue weighted by molar-refractivity contribution is -0.143. The standard InChI is InChI=1S/C75H141NO5/c1-3-5-7-9-11-13-15-17-19-21-33-36-39-43-47-51-55-59-63-67-73(78)72(71-77)76-74(79)68-64-60-56-52-48-44-40-37-34-31-29-27-25-23-22-24-26-28-30-32-35-38-42-46-50-54-58-62-66-70-81-75(80)69-65-61-57-53-49-45-41-20-18-16-14-12-10-8-6-4-2/h14,16,20,22,24,41,63,67,72-73,77-78H,3-13,15,17-19,21,23,25-40,42-62,64-66,68-71H2,1-2H3,(H,76,79)/b16-14-,24-22-,41-20-,67-63+. The molecule has 0 fully saturated rings. The molecule has 0 bridgehead atoms. The minimum atomic E-state index is -0.845. The third-order valence-electron chi connectivity index (χ3n) is 16.8. The van der Waals surface area contributed by atoms with Crippen LogP contribution in [0.4, 0.5) is 0 Å². The lowest BCUT2D eigenvalue weighted by Crippen LogP contribution is -2.45. The van der Waals surface area contributed by atoms with E-state index in [1.54, 1.807) is 6.08 Å². The van der Waals surface area contributed by atoms with Crippen molar-refractivity contribution in [2.75, 3.05) is 13.2 Å². The van der Waals surface area contributed by atoms with Gasteiger partial charge in [-0.25, -0.2) is 0 Å². The van der Waals surface area contributed by atoms with Crippen LogP contribution in [0.1, 0.15) is 393 Å². The Balaban J connectivity index is 3.40. The lowest BCUT2D eigenvalue weighted by atomic mass is 10.0. The van der Waals surface area contributed by atoms with Crippen molar-refractivity contribution in [1.82, 2.24) is 5.32 Å². The van der Waals surface area contributed by atoms with Gasteiger partial charge in [0.05, 0.1) is 25.4 Å². The Morgan fingerprint density at radius 2 is 0.617 bits per heavy atom. The van der Waals surface area contributed by atoms with Crippen LogP contribution >= 0.6 is 0 Å². The highest BCUT2D eigenvalue weighted by atomic mass is 16.5. The number of carbonyl (C=O) groups is 2. The van der Waals surface area contributed by atoms with Crippen LogP contribution < -0.4 is 5.32 Å². The van der Waals surface area contributed by atoms with Crippen LogP contribution in [0.15, 0.2) is 48.6 Å². The van der Waals surface area contributed by atoms with E-state index in [4.69, 9.17) is 4.74 Å². The van der Waals surface area contributed by atoms with Crippen LogP contribution in [-0.2, 0) is 14.3 Å². The second-order valence-electron chi connectivity index (χ2n) is 24.9. The molecule has 0 radical (unpaired) electrons. The molecule has 0 aliphatic rings. The summed E-state index contributed by atoms with van der Waals surface area (Å²) in [7, 11) is 0. The minimum Gasteiger partial charge on any atom is -0.466 e. The molecule has 0 rings (SSSR count). The van der Waals surface area contributed by atoms with E-state index in [0.717, 1.165) is 51.4 Å². The smallest absolute Gasteiger partial charge is 0.305 e. The fourth-order valence-corrected chi connectivity index (χ4v) is 11.3. The molecule has 3 N–H and O–H groups in total. The maximum absolute atomic E-state index is 12.5. The summed E-state index contributed by atoms with van der Waals surface area (Å²) in [4.78, 5) is 24.6. The third-order valence-corrected chi connectivity index (χ3v) is 16.8. The SMILES string of the molecule is CCCCCC/C=C\C/C=C\CCCCCCCC(=O)OCCCCCCCCCCCCCC/C=C\CCCCCCCCCCCCCCCC(=O)NC(CO)C(O)/C=C/CCCCCCCCCCCCCCCCCCC. The molecule has 0 aromatic rings. The highest BCUT2D eigenvalue weighted by Crippen LogP contribution is 2.18. The topological polar surface area (TPSA) is 95.9 Å². The van der Waals surface area contributed by atoms with Crippen molar-refractivity contribution in [1.29, 1.82) is 0 Å². The molecule has 0 aromatic carbocycles. The molecule has 0 aliphatic carbocycles. The molecule has 2 unspecified atom stereocenters. The van der Waals surface area contributed by atoms with Crippen molar-refractivity contribution >= 4 is 11.9 Å². The first kappa shape index (κ1) is 78.8. The Morgan fingerprint density at radius 3 is 0.963 bits per heavy atom. The summed E-state index contributed by atoms with van der Waals surface area (Å²) in [6.07, 6.45) is 92.0. The molecular weight excluding hydrogens is 995 g/mol. The highest BCUT2D eigenvalue weighted by Gasteiger charge is 2.18. The van der Waals surface area contributed by atoms with E-state index in [-0.39, 0.29) is 18.5 Å². The summed E-state index contributed by atoms with van der Waals surface area (Å²) in [5.74, 6) is -0.0613. The first-order chi connectivity index (χ1) is 40.0. The number of allylic oxidation sites excluding steroid dienone is 7. The maximum atomic E-state index is 12.5. The van der Waals surface area contributed by atoms with Crippen molar-refractivity contribution in [3.05, 3.63) is 48.6 Å². The van der Waals surface area contributed by atoms with Gasteiger partial charge in [0.15, 0.2) is 0 Å². The van der Waals surface area contributed by atoms with Gasteiger partial charge in [0, 0.05) is 12.8 Å². The number of aliphatic hydroxyl groups is 2. The van der Waals surface area contributed by atoms with Crippen molar-refractivity contribution in [2.45, 2.75) is 405 Å². The Morgan fingerprint density at radius 1 is 0.346 bits per heavy atom. The third kappa shape index (κ3) is 66.8. The molecule has 0 saturated heterocycles. The number of amides is 1. The average molecular weight is 1140 g/mol. The van der Waals surface area contributed by atoms with Gasteiger partial charge in [-0.05, 0) is 89.9 Å². The Kier molecular flexibility index (Phi) is 68.4. The van der Waals surface area contributed by atoms with Gasteiger partial charge in [-0.1, -0.05) is 339 Å². The van der Waals surface area contributed by atoms with Crippen molar-refractivity contribution in [3.63, 3.8) is 0 Å². The van der Waals surface area contributed by atoms with Crippen molar-refractivity contribution in [3.8, 4) is 0 Å². The first-order valence-corrected chi connectivity index (χ1v) is 36.4. The molecule has 6 heteroatoms. The van der Waals surface area contributed by atoms with E-state index in [9.17, 15) is 19.8 Å². The van der Waals surface area contributed by atoms with Gasteiger partial charge in [-0.3, -0.25) is 9.59 Å². The highest BCUT2D eigenvalue weighted by molar-refractivity contribution is 5.76. The lowest BCUT2D eigenvalue weighted by Gasteiger charge is -2.20. The molecule has 2 atom stereocenters. The van der Waals surface area contributed by atoms with Gasteiger partial charge >= 0.3 is 5.97 Å². The molecule has 0 saturated carbocycles. The summed E-state index contributed by atoms with van der Waals surface area (Å²) in [5, 5.41) is 23.2. The zero-order valence-electron chi connectivity index (χ0n) is 54.5. The molecule has 1 amide bonds. The number of unbranched alkanes of at least 4 members (excludes halogenated alkanes) is 51. The predicted octanol–water partition coefficient (Wildman–Crippen LogP) is 23.6. The fourth-order valence-electron chi connectivity index (χ4n) is 11.3. The Bertz CT molecular complexity index is 1360. The number of hydrogen-bond donors (Lipinski definition) is 3. The number of ether oxygens (including phenoxy) is 1. The predicted molar refractivity (Wildman–Crippen MR) is 356 cm³/mol. The second-order valence-corrected chi connectivity index (χ2v) is 24.9. The second kappa shape index (κ2) is 70.3. The van der Waals surface area contributed by atoms with Gasteiger partial charge in [-0.15, -0.1) is 0 Å². The van der Waals surface area contributed by atoms with Crippen LogP contribution in [0.3, 0.4) is 0 Å². The summed E-state index contributed by atoms with van der Waals surface area (Å²) < 4.78 is 5.49. The minimum absolute atomic E-state index is 0.00289. The monoisotopic (exact) mass is 1140 g/mol. The number of esters is 1. The van der Waals surface area contributed by atoms with Gasteiger partial charge < -0.3 is 20.3 Å². The van der Waals surface area contributed by atoms with Crippen LogP contribution in [0, 0.1) is 0 Å². The van der Waals surface area contributed by atoms with Gasteiger partial charge in [0.2, 0.25) is 5.91 Å². The summed E-state index contributed by atoms with van der Waals surface area (Å²) in [6, 6.07) is -0.629. The van der Waals surface area contributed by atoms with E-state index >= 15 is 0 Å². The van der Waals surface area contributed by atoms with E-state index in [1.165, 1.54) is 315 Å². The number of nitrogens with one attached hydrogen (secondary N) is 1. The number of rotatable bonds is 68. The maximum Gasteiger partial charge on any atom is 0.305 e. The van der Waals surface area contributed by atoms with Crippen LogP contribution in [-0.4, -0.2) is 47.4 Å². The molecule has 6 nitrogen and oxygen atoms in total. The first-order valence-electron chi connectivity index (χ1n) is 36.4. The number of aliphatic hydroxyl groups excluding tert-OH is 2. The molecule has 0 aliphatic heterocycles. The van der Waals surface area contributed by atoms with Gasteiger partial charge in [0.1, 0.15) is 0 Å². The molecule has 0 spiro atoms. The summed E-state index contributed by atoms with van der Waals surface area (Å²) in [6.45, 7) is 4.91. The Labute approximate surface area is 506 Å². The van der Waals surface area contributed by atoms with Gasteiger partial charge in [0.25, 0.3) is 0 Å². The average Bonchev–Trinajstić information content (AvgIpc) is 3.47. The zero-order valence-corrected chi connectivity index (χ0v) is 54.5. The molecule has 0 heterocycles. The van der Waals surface area contributed by atoms with Crippen LogP contribution in [0.5, 0.6) is 0 Å². The summed E-state index contributed by atoms with van der Waals surface area (Å²) >= 11 is 0. The molecule has 476 valence electrons. The van der Waals surface area contributed by atoms with E-state index in [0.29, 0.717) is 19.4 Å². The molecular formula is C75H141NO5. The number of hydrogen-bond acceptors (Lipinski definition) is 5. The quantitative estimate of drug-likeness (QED) is 0.0320. The van der Waals surface area contributed by atoms with Gasteiger partial charge in [-0.2, -0.15) is 0 Å². The van der Waals surface area contributed by atoms with Crippen molar-refractivity contribution in [2.24, 2.45) is 0 Å². The number of carbonyl (C=O) groups excluding carboxylic acids is 2. The summed E-state index contributed by atoms with van der Waals surface area (Å²) in [5.41, 5.74) is 0. The van der Waals surface area contributed by atoms with E-state index in [1.807, 2.05) is 6.08 Å². The van der Waals surface area contributed by atoms with Crippen molar-refractivity contribution < 1.29 is 24.5 Å². The molecule has 81 heavy (non-hydrogen) atoms. The van der Waals surface area contributed by atoms with Crippen LogP contribution in [0.25, 0.3) is 0 Å². The largest absolute Gasteiger partial charge is 0.466 e. The van der Waals surface area contributed by atoms with E-state index in [2.05, 4.69) is 55.6 Å². The van der Waals surface area contributed by atoms with Crippen LogP contribution in [0.2, 0.25) is 0 Å². The fraction of sp³-hybridized carbons (Fsp3) is 0.867. The van der Waals surface area contributed by atoms with E-state index < -0.39 is 12.1 Å². The zero-order chi connectivity index (χ0) is 58.5. The Hall–Kier alpha value is -2.18. The normalized spacial score (nSPS) is 12.8. The molecule has 0 aromatic heterocycles.